The third-order valence-corrected chi connectivity index (χ3v) is 0.324. The Balaban J connectivity index is 3.39. The van der Waals surface area contributed by atoms with Crippen LogP contribution in [0.5, 0.6) is 0 Å². The monoisotopic (exact) mass is 96.1 g/mol. The molecule has 6 heavy (non-hydrogen) atoms. The highest BCUT2D eigenvalue weighted by Crippen LogP contribution is 1.65. The van der Waals surface area contributed by atoms with Crippen LogP contribution in [0.2, 0.25) is 2.82 Å². The van der Waals surface area contributed by atoms with Crippen molar-refractivity contribution in [2.45, 2.75) is 0 Å². The molecule has 0 bridgehead atoms. The molecule has 0 radical (unpaired) electrons. The van der Waals surface area contributed by atoms with E-state index in [4.69, 9.17) is 13.8 Å². The van der Waals surface area contributed by atoms with Crippen LogP contribution in [0.15, 0.2) is 0 Å². The first-order chi connectivity index (χ1) is 6.81. The smallest absolute Gasteiger partial charge is 0.122 e. The van der Waals surface area contributed by atoms with Crippen molar-refractivity contribution in [3.63, 3.8) is 0 Å². The van der Waals surface area contributed by atoms with E-state index in [-0.39, 0.29) is 0 Å². The van der Waals surface area contributed by atoms with E-state index in [9.17, 15) is 0 Å². The molecule has 0 aromatic heterocycles. The molecule has 1 aliphatic heterocycles. The van der Waals surface area contributed by atoms with Gasteiger partial charge in [-0.2, -0.15) is 0 Å². The fourth-order valence-electron chi connectivity index (χ4n) is 0.156. The first-order valence-corrected chi connectivity index (χ1v) is 1.39. The van der Waals surface area contributed by atoms with E-state index >= 15 is 0 Å². The molecule has 36 valence electrons. The molecule has 0 saturated carbocycles. The van der Waals surface area contributed by atoms with Crippen LogP contribution in [-0.4, -0.2) is 26.0 Å². The Morgan fingerprint density at radius 3 is 1.83 bits per heavy atom. The highest BCUT2D eigenvalue weighted by Gasteiger charge is 1.91. The Hall–Kier alpha value is -0.0800. The standard InChI is InChI=1S/C4H10N2/c1-2-6-4-3-5-1/h5-6H,1-4H2/i1D2,2D2,3D2,4D2/hD2. The fraction of sp³-hybridized carbons (Fsp3) is 1.00. The zero-order valence-electron chi connectivity index (χ0n) is 12.9. The van der Waals surface area contributed by atoms with Crippen molar-refractivity contribution >= 4 is 0 Å². The van der Waals surface area contributed by atoms with Crippen LogP contribution in [0, 0.1) is 0 Å². The molecule has 0 aromatic rings. The summed E-state index contributed by atoms with van der Waals surface area (Å²) < 4.78 is 72.4. The normalized spacial score (nSPS) is 88.7. The van der Waals surface area contributed by atoms with Gasteiger partial charge in [0.1, 0.15) is 2.82 Å². The van der Waals surface area contributed by atoms with Gasteiger partial charge in [0.15, 0.2) is 0 Å². The minimum atomic E-state index is -3.15. The largest absolute Gasteiger partial charge is 0.314 e. The van der Waals surface area contributed by atoms with Crippen molar-refractivity contribution < 1.29 is 13.8 Å². The zero-order valence-corrected chi connectivity index (χ0v) is 2.89. The Kier molecular flexibility index (Phi) is 0.203. The van der Waals surface area contributed by atoms with Crippen LogP contribution in [0.25, 0.3) is 0 Å². The Morgan fingerprint density at radius 1 is 1.17 bits per heavy atom. The lowest BCUT2D eigenvalue weighted by molar-refractivity contribution is 0.534. The summed E-state index contributed by atoms with van der Waals surface area (Å²) in [5.41, 5.74) is 0. The quantitative estimate of drug-likeness (QED) is 0.412. The van der Waals surface area contributed by atoms with Gasteiger partial charge in [-0.25, -0.2) is 0 Å². The van der Waals surface area contributed by atoms with E-state index < -0.39 is 36.6 Å². The van der Waals surface area contributed by atoms with Gasteiger partial charge in [0.2, 0.25) is 0 Å². The van der Waals surface area contributed by atoms with Gasteiger partial charge in [0, 0.05) is 37.0 Å². The average Bonchev–Trinajstić information content (AvgIpc) is 2.13. The van der Waals surface area contributed by atoms with E-state index in [0.29, 0.717) is 0 Å². The van der Waals surface area contributed by atoms with Crippen LogP contribution in [-0.2, 0) is 0 Å². The summed E-state index contributed by atoms with van der Waals surface area (Å²) >= 11 is 0. The first kappa shape index (κ1) is 0.565. The lowest BCUT2D eigenvalue weighted by Gasteiger charge is -2.11. The van der Waals surface area contributed by atoms with Gasteiger partial charge in [0.05, 0.1) is 0 Å². The van der Waals surface area contributed by atoms with E-state index in [1.807, 2.05) is 0 Å². The second-order valence-electron chi connectivity index (χ2n) is 0.671. The minimum absolute atomic E-state index is 0.412. The fourth-order valence-corrected chi connectivity index (χ4v) is 0.156. The SMILES string of the molecule is [2H]N1C([2H])([2H])C([2H])([2H])N([2H])C([2H])([2H])C1([2H])[2H]. The van der Waals surface area contributed by atoms with E-state index in [2.05, 4.69) is 0 Å². The molecule has 1 rings (SSSR count). The molecular formula is C4H10N2. The molecule has 0 spiro atoms. The third kappa shape index (κ3) is 0.954. The van der Waals surface area contributed by atoms with Gasteiger partial charge in [-0.3, -0.25) is 0 Å². The molecule has 2 N–H and O–H groups in total. The predicted molar refractivity (Wildman–Crippen MR) is 25.7 cm³/mol. The van der Waals surface area contributed by atoms with Crippen LogP contribution < -0.4 is 10.6 Å². The second-order valence-corrected chi connectivity index (χ2v) is 0.671. The average molecular weight is 96.2 g/mol. The van der Waals surface area contributed by atoms with Crippen LogP contribution in [0.1, 0.15) is 11.0 Å². The van der Waals surface area contributed by atoms with Crippen molar-refractivity contribution in [2.24, 2.45) is 0 Å². The lowest BCUT2D eigenvalue weighted by atomic mass is 10.4. The molecule has 1 aliphatic rings. The van der Waals surface area contributed by atoms with Gasteiger partial charge in [-0.05, 0) is 0 Å². The predicted octanol–water partition coefficient (Wildman–Crippen LogP) is -0.821. The molecule has 2 nitrogen and oxygen atoms in total. The zero-order chi connectivity index (χ0) is 13.2. The van der Waals surface area contributed by atoms with Crippen molar-refractivity contribution in [2.75, 3.05) is 26.0 Å². The third-order valence-electron chi connectivity index (χ3n) is 0.324. The van der Waals surface area contributed by atoms with Crippen molar-refractivity contribution in [3.05, 3.63) is 0 Å². The Bertz CT molecular complexity index is 241. The van der Waals surface area contributed by atoms with Crippen LogP contribution >= 0.6 is 0 Å². The molecule has 0 amide bonds. The van der Waals surface area contributed by atoms with E-state index in [0.717, 1.165) is 0 Å². The number of hydrogen-bond donors (Lipinski definition) is 2. The second kappa shape index (κ2) is 2.16. The maximum Gasteiger partial charge on any atom is 0.122 e. The highest BCUT2D eigenvalue weighted by molar-refractivity contribution is 4.59. The van der Waals surface area contributed by atoms with Crippen LogP contribution in [0.3, 0.4) is 0 Å². The maximum atomic E-state index is 7.26. The van der Waals surface area contributed by atoms with Gasteiger partial charge in [-0.15, -0.1) is 0 Å². The topological polar surface area (TPSA) is 24.1 Å². The van der Waals surface area contributed by atoms with E-state index in [1.54, 1.807) is 0 Å². The Morgan fingerprint density at radius 2 is 1.50 bits per heavy atom. The number of rotatable bonds is 0. The summed E-state index contributed by atoms with van der Waals surface area (Å²) in [5.74, 6) is 0. The first-order valence-electron chi connectivity index (χ1n) is 6.29. The van der Waals surface area contributed by atoms with Gasteiger partial charge in [0.25, 0.3) is 0 Å². The van der Waals surface area contributed by atoms with Gasteiger partial charge in [-0.1, -0.05) is 0 Å². The molecule has 1 saturated heterocycles. The molecular weight excluding hydrogens is 76.1 g/mol. The molecule has 0 atom stereocenters. The molecule has 1 fully saturated rings. The number of piperazine rings is 1. The van der Waals surface area contributed by atoms with Gasteiger partial charge < -0.3 is 10.6 Å². The molecule has 0 aliphatic carbocycles. The summed E-state index contributed by atoms with van der Waals surface area (Å²) in [4.78, 5) is 0. The molecule has 1 heterocycles. The molecule has 0 aromatic carbocycles. The van der Waals surface area contributed by atoms with E-state index in [1.165, 1.54) is 0 Å². The van der Waals surface area contributed by atoms with Crippen molar-refractivity contribution in [1.82, 2.24) is 10.6 Å². The Labute approximate surface area is 52.1 Å². The van der Waals surface area contributed by atoms with Crippen molar-refractivity contribution in [3.8, 4) is 0 Å². The minimum Gasteiger partial charge on any atom is -0.314 e. The summed E-state index contributed by atoms with van der Waals surface area (Å²) in [7, 11) is 0. The summed E-state index contributed by atoms with van der Waals surface area (Å²) in [6, 6.07) is 0. The van der Waals surface area contributed by atoms with Crippen LogP contribution in [0.4, 0.5) is 0 Å². The summed E-state index contributed by atoms with van der Waals surface area (Å²) in [6.45, 7) is -12.6. The number of hydrogen-bond acceptors (Lipinski definition) is 2. The summed E-state index contributed by atoms with van der Waals surface area (Å²) in [6.07, 6.45) is 0. The summed E-state index contributed by atoms with van der Waals surface area (Å²) in [5, 5.41) is -0.823. The lowest BCUT2D eigenvalue weighted by Crippen LogP contribution is -2.39. The molecule has 0 unspecified atom stereocenters. The molecule has 2 heteroatoms. The number of nitrogens with one attached hydrogen (secondary N) is 2. The van der Waals surface area contributed by atoms with Gasteiger partial charge >= 0.3 is 0 Å². The maximum absolute atomic E-state index is 7.26. The highest BCUT2D eigenvalue weighted by atomic mass is 15.0. The van der Waals surface area contributed by atoms with Crippen molar-refractivity contribution in [1.29, 1.82) is 0 Å².